The van der Waals surface area contributed by atoms with Crippen LogP contribution < -0.4 is 10.6 Å². The molecule has 0 aliphatic carbocycles. The van der Waals surface area contributed by atoms with E-state index >= 15 is 0 Å². The van der Waals surface area contributed by atoms with Gasteiger partial charge >= 0.3 is 0 Å². The number of amides is 2. The van der Waals surface area contributed by atoms with Gasteiger partial charge in [-0.05, 0) is 56.4 Å². The van der Waals surface area contributed by atoms with Crippen LogP contribution in [0.1, 0.15) is 49.9 Å². The van der Waals surface area contributed by atoms with Gasteiger partial charge in [0.1, 0.15) is 0 Å². The van der Waals surface area contributed by atoms with Crippen LogP contribution in [0.2, 0.25) is 0 Å². The molecule has 2 N–H and O–H groups in total. The Bertz CT molecular complexity index is 688. The highest BCUT2D eigenvalue weighted by atomic mass is 16.1. The van der Waals surface area contributed by atoms with Crippen LogP contribution >= 0.6 is 0 Å². The van der Waals surface area contributed by atoms with E-state index in [0.717, 1.165) is 41.5 Å². The molecule has 2 aromatic carbocycles. The van der Waals surface area contributed by atoms with E-state index in [-0.39, 0.29) is 0 Å². The first-order valence-corrected chi connectivity index (χ1v) is 8.41. The molecule has 4 nitrogen and oxygen atoms in total. The number of carbonyl (C=O) groups is 2. The summed E-state index contributed by atoms with van der Waals surface area (Å²) >= 11 is 0. The summed E-state index contributed by atoms with van der Waals surface area (Å²) in [7, 11) is 0. The van der Waals surface area contributed by atoms with E-state index in [1.54, 1.807) is 0 Å². The quantitative estimate of drug-likeness (QED) is 0.726. The van der Waals surface area contributed by atoms with Gasteiger partial charge in [-0.25, -0.2) is 0 Å². The van der Waals surface area contributed by atoms with Gasteiger partial charge in [0.25, 0.3) is 0 Å². The van der Waals surface area contributed by atoms with Crippen molar-refractivity contribution in [1.29, 1.82) is 0 Å². The highest BCUT2D eigenvalue weighted by molar-refractivity contribution is 5.52. The minimum Gasteiger partial charge on any atom is -0.350 e. The smallest absolute Gasteiger partial charge is 0.207 e. The SMILES string of the molecule is CC(C)(NC=O)c1ccccc1Cc1ccccc1C(C)(C)NC=O. The lowest BCUT2D eigenvalue weighted by molar-refractivity contribution is -0.111. The van der Waals surface area contributed by atoms with Gasteiger partial charge in [-0.15, -0.1) is 0 Å². The maximum atomic E-state index is 11.0. The third-order valence-corrected chi connectivity index (χ3v) is 4.60. The Morgan fingerprint density at radius 3 is 1.44 bits per heavy atom. The van der Waals surface area contributed by atoms with Gasteiger partial charge in [-0.2, -0.15) is 0 Å². The van der Waals surface area contributed by atoms with Crippen molar-refractivity contribution >= 4 is 12.8 Å². The van der Waals surface area contributed by atoms with Crippen LogP contribution in [0, 0.1) is 0 Å². The molecule has 0 radical (unpaired) electrons. The Morgan fingerprint density at radius 1 is 0.720 bits per heavy atom. The van der Waals surface area contributed by atoms with Crippen molar-refractivity contribution in [3.63, 3.8) is 0 Å². The van der Waals surface area contributed by atoms with Gasteiger partial charge in [0, 0.05) is 0 Å². The molecule has 2 aromatic rings. The van der Waals surface area contributed by atoms with Crippen LogP contribution in [0.3, 0.4) is 0 Å². The molecule has 0 saturated heterocycles. The van der Waals surface area contributed by atoms with Gasteiger partial charge in [0.05, 0.1) is 11.1 Å². The monoisotopic (exact) mass is 338 g/mol. The van der Waals surface area contributed by atoms with Crippen LogP contribution in [-0.2, 0) is 27.1 Å². The molecule has 2 rings (SSSR count). The van der Waals surface area contributed by atoms with Gasteiger partial charge < -0.3 is 10.6 Å². The summed E-state index contributed by atoms with van der Waals surface area (Å²) in [4.78, 5) is 21.9. The summed E-state index contributed by atoms with van der Waals surface area (Å²) < 4.78 is 0. The summed E-state index contributed by atoms with van der Waals surface area (Å²) in [6.45, 7) is 7.96. The Hall–Kier alpha value is -2.62. The molecule has 0 heterocycles. The van der Waals surface area contributed by atoms with E-state index in [0.29, 0.717) is 0 Å². The van der Waals surface area contributed by atoms with Crippen molar-refractivity contribution in [2.75, 3.05) is 0 Å². The Labute approximate surface area is 149 Å². The second-order valence-electron chi connectivity index (χ2n) is 7.27. The summed E-state index contributed by atoms with van der Waals surface area (Å²) in [5.41, 5.74) is 3.55. The molecule has 0 aromatic heterocycles. The molecular weight excluding hydrogens is 312 g/mol. The fourth-order valence-electron chi connectivity index (χ4n) is 3.22. The lowest BCUT2D eigenvalue weighted by Gasteiger charge is -2.29. The zero-order valence-corrected chi connectivity index (χ0v) is 15.3. The molecular formula is C21H26N2O2. The van der Waals surface area contributed by atoms with Crippen molar-refractivity contribution in [2.24, 2.45) is 0 Å². The molecule has 25 heavy (non-hydrogen) atoms. The molecule has 0 aliphatic rings. The molecule has 0 saturated carbocycles. The van der Waals surface area contributed by atoms with E-state index in [9.17, 15) is 9.59 Å². The Balaban J connectivity index is 2.46. The zero-order valence-electron chi connectivity index (χ0n) is 15.3. The van der Waals surface area contributed by atoms with Gasteiger partial charge in [0.2, 0.25) is 12.8 Å². The average Bonchev–Trinajstić information content (AvgIpc) is 2.55. The van der Waals surface area contributed by atoms with Crippen molar-refractivity contribution in [2.45, 2.75) is 45.2 Å². The lowest BCUT2D eigenvalue weighted by Crippen LogP contribution is -2.37. The second-order valence-corrected chi connectivity index (χ2v) is 7.27. The van der Waals surface area contributed by atoms with E-state index in [1.807, 2.05) is 64.1 Å². The fourth-order valence-corrected chi connectivity index (χ4v) is 3.22. The van der Waals surface area contributed by atoms with E-state index in [1.165, 1.54) is 0 Å². The molecule has 0 aliphatic heterocycles. The fraction of sp³-hybridized carbons (Fsp3) is 0.333. The molecule has 0 spiro atoms. The van der Waals surface area contributed by atoms with Crippen molar-refractivity contribution < 1.29 is 9.59 Å². The predicted octanol–water partition coefficient (Wildman–Crippen LogP) is 3.24. The van der Waals surface area contributed by atoms with Gasteiger partial charge in [0.15, 0.2) is 0 Å². The highest BCUT2D eigenvalue weighted by Gasteiger charge is 2.25. The minimum absolute atomic E-state index is 0.455. The van der Waals surface area contributed by atoms with Crippen LogP contribution in [0.25, 0.3) is 0 Å². The number of hydrogen-bond donors (Lipinski definition) is 2. The summed E-state index contributed by atoms with van der Waals surface area (Å²) in [6, 6.07) is 16.2. The largest absolute Gasteiger partial charge is 0.350 e. The number of hydrogen-bond acceptors (Lipinski definition) is 2. The van der Waals surface area contributed by atoms with Crippen LogP contribution in [0.15, 0.2) is 48.5 Å². The summed E-state index contributed by atoms with van der Waals surface area (Å²) in [5, 5.41) is 5.78. The first kappa shape index (κ1) is 18.7. The summed E-state index contributed by atoms with van der Waals surface area (Å²) in [5.74, 6) is 0. The maximum Gasteiger partial charge on any atom is 0.207 e. The first-order valence-electron chi connectivity index (χ1n) is 8.41. The topological polar surface area (TPSA) is 58.2 Å². The van der Waals surface area contributed by atoms with Crippen molar-refractivity contribution in [3.05, 3.63) is 70.8 Å². The summed E-state index contributed by atoms with van der Waals surface area (Å²) in [6.07, 6.45) is 2.20. The average molecular weight is 338 g/mol. The highest BCUT2D eigenvalue weighted by Crippen LogP contribution is 2.29. The van der Waals surface area contributed by atoms with Gasteiger partial charge in [-0.1, -0.05) is 48.5 Å². The van der Waals surface area contributed by atoms with E-state index in [4.69, 9.17) is 0 Å². The van der Waals surface area contributed by atoms with Crippen LogP contribution in [0.5, 0.6) is 0 Å². The standard InChI is InChI=1S/C21H26N2O2/c1-20(2,22-14-24)18-11-7-5-9-16(18)13-17-10-6-8-12-19(17)21(3,4)23-15-25/h5-12,14-15H,13H2,1-4H3,(H,22,24)(H,23,25). The predicted molar refractivity (Wildman–Crippen MR) is 100 cm³/mol. The zero-order chi connectivity index (χ0) is 18.5. The van der Waals surface area contributed by atoms with Crippen molar-refractivity contribution in [3.8, 4) is 0 Å². The molecule has 132 valence electrons. The maximum absolute atomic E-state index is 11.0. The van der Waals surface area contributed by atoms with Gasteiger partial charge in [-0.3, -0.25) is 9.59 Å². The third kappa shape index (κ3) is 4.27. The molecule has 2 amide bonds. The molecule has 0 atom stereocenters. The lowest BCUT2D eigenvalue weighted by atomic mass is 9.83. The Kier molecular flexibility index (Phi) is 5.62. The van der Waals surface area contributed by atoms with Crippen LogP contribution in [0.4, 0.5) is 0 Å². The van der Waals surface area contributed by atoms with E-state index in [2.05, 4.69) is 22.8 Å². The molecule has 0 unspecified atom stereocenters. The molecule has 4 heteroatoms. The minimum atomic E-state index is -0.455. The third-order valence-electron chi connectivity index (χ3n) is 4.60. The van der Waals surface area contributed by atoms with Crippen LogP contribution in [-0.4, -0.2) is 12.8 Å². The number of carbonyl (C=O) groups excluding carboxylic acids is 2. The second kappa shape index (κ2) is 7.51. The number of nitrogens with one attached hydrogen (secondary N) is 2. The Morgan fingerprint density at radius 2 is 1.08 bits per heavy atom. The van der Waals surface area contributed by atoms with Crippen molar-refractivity contribution in [1.82, 2.24) is 10.6 Å². The first-order chi connectivity index (χ1) is 11.8. The molecule has 0 bridgehead atoms. The van der Waals surface area contributed by atoms with E-state index < -0.39 is 11.1 Å². The number of rotatable bonds is 8. The number of benzene rings is 2. The molecule has 0 fully saturated rings. The normalized spacial score (nSPS) is 11.7.